The van der Waals surface area contributed by atoms with Crippen LogP contribution in [0.25, 0.3) is 6.08 Å². The number of amides is 3. The molecular weight excluding hydrogens is 681 g/mol. The van der Waals surface area contributed by atoms with Gasteiger partial charge < -0.3 is 21.1 Å². The van der Waals surface area contributed by atoms with Gasteiger partial charge in [-0.1, -0.05) is 96.0 Å². The Labute approximate surface area is 297 Å². The lowest BCUT2D eigenvalue weighted by Gasteiger charge is -2.19. The van der Waals surface area contributed by atoms with Crippen LogP contribution in [0, 0.1) is 6.92 Å². The van der Waals surface area contributed by atoms with E-state index in [1.807, 2.05) is 30.3 Å². The van der Waals surface area contributed by atoms with Crippen LogP contribution in [0.3, 0.4) is 0 Å². The van der Waals surface area contributed by atoms with Crippen LogP contribution in [0.2, 0.25) is 10.0 Å². The Morgan fingerprint density at radius 3 is 2.16 bits per heavy atom. The van der Waals surface area contributed by atoms with Crippen LogP contribution < -0.4 is 16.0 Å². The first-order valence-electron chi connectivity index (χ1n) is 14.9. The van der Waals surface area contributed by atoms with E-state index < -0.39 is 23.0 Å². The molecule has 0 bridgehead atoms. The van der Waals surface area contributed by atoms with Crippen LogP contribution in [0.5, 0.6) is 0 Å². The van der Waals surface area contributed by atoms with E-state index in [1.165, 1.54) is 30.0 Å². The Kier molecular flexibility index (Phi) is 11.5. The second-order valence-corrected chi connectivity index (χ2v) is 12.7. The summed E-state index contributed by atoms with van der Waals surface area (Å²) in [5, 5.41) is 17.6. The number of anilines is 2. The molecule has 11 heteroatoms. The number of halogens is 2. The van der Waals surface area contributed by atoms with Gasteiger partial charge in [-0.25, -0.2) is 4.79 Å². The predicted octanol–water partition coefficient (Wildman–Crippen LogP) is 8.88. The molecule has 49 heavy (non-hydrogen) atoms. The summed E-state index contributed by atoms with van der Waals surface area (Å²) in [6.07, 6.45) is 1.44. The Bertz CT molecular complexity index is 2060. The van der Waals surface area contributed by atoms with Crippen molar-refractivity contribution >= 4 is 76.1 Å². The number of thioether (sulfide) groups is 1. The van der Waals surface area contributed by atoms with Crippen molar-refractivity contribution in [2.45, 2.75) is 17.1 Å². The van der Waals surface area contributed by atoms with Gasteiger partial charge in [-0.2, -0.15) is 0 Å². The number of carbonyl (C=O) groups excluding carboxylic acids is 3. The zero-order valence-corrected chi connectivity index (χ0v) is 28.3. The summed E-state index contributed by atoms with van der Waals surface area (Å²) in [6, 6.07) is 34.1. The van der Waals surface area contributed by atoms with Gasteiger partial charge in [0.25, 0.3) is 11.8 Å². The molecule has 0 aliphatic carbocycles. The second kappa shape index (κ2) is 16.2. The molecule has 0 heterocycles. The van der Waals surface area contributed by atoms with Crippen LogP contribution in [0.15, 0.2) is 132 Å². The maximum atomic E-state index is 13.7. The van der Waals surface area contributed by atoms with Gasteiger partial charge in [0.05, 0.1) is 15.6 Å². The van der Waals surface area contributed by atoms with Crippen molar-refractivity contribution < 1.29 is 24.3 Å². The lowest BCUT2D eigenvalue weighted by Crippen LogP contribution is -2.30. The highest BCUT2D eigenvalue weighted by Crippen LogP contribution is 2.37. The molecule has 0 spiro atoms. The summed E-state index contributed by atoms with van der Waals surface area (Å²) in [5.41, 5.74) is 3.00. The van der Waals surface area contributed by atoms with E-state index in [1.54, 1.807) is 85.8 Å². The largest absolute Gasteiger partial charge is 0.478 e. The van der Waals surface area contributed by atoms with Crippen molar-refractivity contribution in [2.75, 3.05) is 10.6 Å². The van der Waals surface area contributed by atoms with E-state index in [-0.39, 0.29) is 27.2 Å². The highest BCUT2D eigenvalue weighted by atomic mass is 35.5. The quantitative estimate of drug-likeness (QED) is 0.0802. The summed E-state index contributed by atoms with van der Waals surface area (Å²) in [7, 11) is 0. The molecule has 4 N–H and O–H groups in total. The van der Waals surface area contributed by atoms with E-state index in [0.29, 0.717) is 33.0 Å². The van der Waals surface area contributed by atoms with Gasteiger partial charge in [0.15, 0.2) is 0 Å². The van der Waals surface area contributed by atoms with Crippen molar-refractivity contribution in [1.82, 2.24) is 5.32 Å². The van der Waals surface area contributed by atoms with E-state index in [4.69, 9.17) is 23.2 Å². The fourth-order valence-electron chi connectivity index (χ4n) is 4.70. The Morgan fingerprint density at radius 2 is 1.45 bits per heavy atom. The molecule has 5 rings (SSSR count). The first kappa shape index (κ1) is 35.0. The number of hydrogen-bond donors (Lipinski definition) is 4. The molecule has 0 fully saturated rings. The second-order valence-electron chi connectivity index (χ2n) is 10.7. The molecule has 0 aromatic heterocycles. The zero-order valence-electron chi connectivity index (χ0n) is 25.9. The molecule has 1 unspecified atom stereocenters. The molecule has 0 saturated heterocycles. The number of aryl methyl sites for hydroxylation is 1. The Hall–Kier alpha value is -5.35. The number of carboxylic acid groups (broad SMARTS) is 1. The number of carboxylic acids is 1. The maximum absolute atomic E-state index is 13.7. The summed E-state index contributed by atoms with van der Waals surface area (Å²) in [6.45, 7) is 1.78. The topological polar surface area (TPSA) is 125 Å². The molecule has 0 saturated carbocycles. The summed E-state index contributed by atoms with van der Waals surface area (Å²) >= 11 is 13.9. The molecule has 8 nitrogen and oxygen atoms in total. The molecule has 246 valence electrons. The van der Waals surface area contributed by atoms with E-state index in [0.717, 1.165) is 5.56 Å². The third kappa shape index (κ3) is 9.17. The fourth-order valence-corrected chi connectivity index (χ4v) is 6.15. The number of aromatic carboxylic acids is 1. The normalized spacial score (nSPS) is 11.7. The van der Waals surface area contributed by atoms with Gasteiger partial charge in [0, 0.05) is 21.8 Å². The Morgan fingerprint density at radius 1 is 0.755 bits per heavy atom. The predicted molar refractivity (Wildman–Crippen MR) is 195 cm³/mol. The van der Waals surface area contributed by atoms with Crippen LogP contribution in [0.4, 0.5) is 11.4 Å². The van der Waals surface area contributed by atoms with Gasteiger partial charge >= 0.3 is 5.97 Å². The van der Waals surface area contributed by atoms with Crippen molar-refractivity contribution in [1.29, 1.82) is 0 Å². The van der Waals surface area contributed by atoms with Gasteiger partial charge in [-0.05, 0) is 78.2 Å². The van der Waals surface area contributed by atoms with Crippen LogP contribution in [0.1, 0.15) is 42.7 Å². The van der Waals surface area contributed by atoms with Gasteiger partial charge in [0.1, 0.15) is 10.9 Å². The maximum Gasteiger partial charge on any atom is 0.335 e. The lowest BCUT2D eigenvalue weighted by atomic mass is 10.1. The van der Waals surface area contributed by atoms with Gasteiger partial charge in [-0.15, -0.1) is 11.8 Å². The average Bonchev–Trinajstić information content (AvgIpc) is 3.10. The standard InChI is InChI=1S/C38H29Cl2N3O5S/c1-23-18-19-27(38(47)48)21-31(23)42-37(46)34(24-10-4-2-5-11-24)49-29-16-9-15-28(22-29)41-36(45)32(20-26-14-8-17-30(39)33(26)40)43-35(44)25-12-6-3-7-13-25/h2-22,34H,1H3,(H,41,45)(H,42,46)(H,43,44)(H,47,48)/b32-20+. The minimum absolute atomic E-state index is 0.0549. The summed E-state index contributed by atoms with van der Waals surface area (Å²) < 4.78 is 0. The number of nitrogens with one attached hydrogen (secondary N) is 3. The fraction of sp³-hybridized carbons (Fsp3) is 0.0526. The van der Waals surface area contributed by atoms with Crippen LogP contribution in [-0.2, 0) is 9.59 Å². The lowest BCUT2D eigenvalue weighted by molar-refractivity contribution is -0.116. The highest BCUT2D eigenvalue weighted by molar-refractivity contribution is 8.00. The van der Waals surface area contributed by atoms with Crippen LogP contribution >= 0.6 is 35.0 Å². The van der Waals surface area contributed by atoms with E-state index >= 15 is 0 Å². The third-order valence-corrected chi connectivity index (χ3v) is 9.32. The number of carbonyl (C=O) groups is 4. The van der Waals surface area contributed by atoms with Crippen molar-refractivity contribution in [2.24, 2.45) is 0 Å². The minimum Gasteiger partial charge on any atom is -0.478 e. The summed E-state index contributed by atoms with van der Waals surface area (Å²) in [5.74, 6) is -2.57. The molecule has 3 amide bonds. The van der Waals surface area contributed by atoms with E-state index in [2.05, 4.69) is 16.0 Å². The first-order valence-corrected chi connectivity index (χ1v) is 16.5. The first-order chi connectivity index (χ1) is 23.6. The number of hydrogen-bond acceptors (Lipinski definition) is 5. The molecule has 5 aromatic rings. The highest BCUT2D eigenvalue weighted by Gasteiger charge is 2.24. The van der Waals surface area contributed by atoms with E-state index in [9.17, 15) is 24.3 Å². The smallest absolute Gasteiger partial charge is 0.335 e. The molecule has 0 aliphatic heterocycles. The van der Waals surface area contributed by atoms with Crippen LogP contribution in [-0.4, -0.2) is 28.8 Å². The Balaban J connectivity index is 1.40. The van der Waals surface area contributed by atoms with Crippen molar-refractivity contribution in [3.05, 3.63) is 165 Å². The molecule has 0 aliphatic rings. The van der Waals surface area contributed by atoms with Crippen molar-refractivity contribution in [3.63, 3.8) is 0 Å². The molecular formula is C38H29Cl2N3O5S. The average molecular weight is 711 g/mol. The third-order valence-electron chi connectivity index (χ3n) is 7.24. The summed E-state index contributed by atoms with van der Waals surface area (Å²) in [4.78, 5) is 52.7. The zero-order chi connectivity index (χ0) is 34.9. The SMILES string of the molecule is Cc1ccc(C(=O)O)cc1NC(=O)C(Sc1cccc(NC(=O)/C(=C\c2cccc(Cl)c2Cl)NC(=O)c2ccccc2)c1)c1ccccc1. The molecule has 1 atom stereocenters. The monoisotopic (exact) mass is 709 g/mol. The molecule has 5 aromatic carbocycles. The van der Waals surface area contributed by atoms with Gasteiger partial charge in [-0.3, -0.25) is 14.4 Å². The number of benzene rings is 5. The van der Waals surface area contributed by atoms with Gasteiger partial charge in [0.2, 0.25) is 5.91 Å². The van der Waals surface area contributed by atoms with Crippen molar-refractivity contribution in [3.8, 4) is 0 Å². The minimum atomic E-state index is -1.10. The molecule has 0 radical (unpaired) electrons. The number of rotatable bonds is 11.